The van der Waals surface area contributed by atoms with E-state index in [-0.39, 0.29) is 11.4 Å². The SMILES string of the molecule is CCOC(=O)CC(CC)(CC)Cc1nc2ccccc2[nH]1. The maximum absolute atomic E-state index is 11.9. The second-order valence-corrected chi connectivity index (χ2v) is 5.57. The molecule has 114 valence electrons. The summed E-state index contributed by atoms with van der Waals surface area (Å²) in [6, 6.07) is 8.01. The number of aromatic amines is 1. The van der Waals surface area contributed by atoms with E-state index in [1.807, 2.05) is 31.2 Å². The van der Waals surface area contributed by atoms with Crippen LogP contribution in [0.5, 0.6) is 0 Å². The Labute approximate surface area is 125 Å². The lowest BCUT2D eigenvalue weighted by molar-refractivity contribution is -0.146. The van der Waals surface area contributed by atoms with E-state index in [1.54, 1.807) is 0 Å². The van der Waals surface area contributed by atoms with Crippen LogP contribution in [0.15, 0.2) is 24.3 Å². The molecule has 0 radical (unpaired) electrons. The Morgan fingerprint density at radius 2 is 1.95 bits per heavy atom. The van der Waals surface area contributed by atoms with Gasteiger partial charge >= 0.3 is 5.97 Å². The number of fused-ring (bicyclic) bond motifs is 1. The van der Waals surface area contributed by atoms with E-state index in [9.17, 15) is 4.79 Å². The van der Waals surface area contributed by atoms with Crippen molar-refractivity contribution in [1.82, 2.24) is 9.97 Å². The first-order chi connectivity index (χ1) is 10.1. The van der Waals surface area contributed by atoms with Gasteiger partial charge in [-0.1, -0.05) is 26.0 Å². The summed E-state index contributed by atoms with van der Waals surface area (Å²) in [5, 5.41) is 0. The Morgan fingerprint density at radius 1 is 1.24 bits per heavy atom. The van der Waals surface area contributed by atoms with E-state index in [0.29, 0.717) is 13.0 Å². The molecule has 1 aromatic heterocycles. The standard InChI is InChI=1S/C17H24N2O2/c1-4-17(5-2,12-16(20)21-6-3)11-15-18-13-9-7-8-10-14(13)19-15/h7-10H,4-6,11-12H2,1-3H3,(H,18,19). The largest absolute Gasteiger partial charge is 0.466 e. The van der Waals surface area contributed by atoms with E-state index in [4.69, 9.17) is 4.74 Å². The number of imidazole rings is 1. The normalized spacial score (nSPS) is 11.8. The summed E-state index contributed by atoms with van der Waals surface area (Å²) in [5.41, 5.74) is 1.94. The second kappa shape index (κ2) is 6.74. The molecule has 2 aromatic rings. The van der Waals surface area contributed by atoms with Crippen LogP contribution in [0.4, 0.5) is 0 Å². The van der Waals surface area contributed by atoms with Crippen molar-refractivity contribution >= 4 is 17.0 Å². The molecule has 0 fully saturated rings. The molecule has 4 nitrogen and oxygen atoms in total. The topological polar surface area (TPSA) is 55.0 Å². The molecule has 0 unspecified atom stereocenters. The highest BCUT2D eigenvalue weighted by Gasteiger charge is 2.31. The first-order valence-corrected chi connectivity index (χ1v) is 7.71. The molecule has 0 spiro atoms. The van der Waals surface area contributed by atoms with Gasteiger partial charge in [0.05, 0.1) is 24.1 Å². The molecule has 0 atom stereocenters. The molecule has 0 bridgehead atoms. The molecule has 21 heavy (non-hydrogen) atoms. The molecule has 0 aliphatic heterocycles. The number of nitrogens with one attached hydrogen (secondary N) is 1. The lowest BCUT2D eigenvalue weighted by Gasteiger charge is -2.29. The molecular weight excluding hydrogens is 264 g/mol. The number of H-pyrrole nitrogens is 1. The maximum atomic E-state index is 11.9. The number of carbonyl (C=O) groups excluding carboxylic acids is 1. The smallest absolute Gasteiger partial charge is 0.306 e. The molecule has 0 amide bonds. The van der Waals surface area contributed by atoms with Gasteiger partial charge in [-0.15, -0.1) is 0 Å². The zero-order chi connectivity index (χ0) is 15.3. The quantitative estimate of drug-likeness (QED) is 0.787. The third kappa shape index (κ3) is 3.63. The summed E-state index contributed by atoms with van der Waals surface area (Å²) >= 11 is 0. The van der Waals surface area contributed by atoms with E-state index < -0.39 is 0 Å². The predicted molar refractivity (Wildman–Crippen MR) is 84.1 cm³/mol. The van der Waals surface area contributed by atoms with Gasteiger partial charge in [0.1, 0.15) is 5.82 Å². The summed E-state index contributed by atoms with van der Waals surface area (Å²) in [7, 11) is 0. The van der Waals surface area contributed by atoms with Gasteiger partial charge in [-0.3, -0.25) is 4.79 Å². The molecule has 1 N–H and O–H groups in total. The van der Waals surface area contributed by atoms with Gasteiger partial charge in [0.15, 0.2) is 0 Å². The summed E-state index contributed by atoms with van der Waals surface area (Å²) in [6.07, 6.45) is 3.08. The molecular formula is C17H24N2O2. The molecule has 1 heterocycles. The van der Waals surface area contributed by atoms with Crippen LogP contribution in [-0.4, -0.2) is 22.5 Å². The fourth-order valence-electron chi connectivity index (χ4n) is 2.78. The average Bonchev–Trinajstić information content (AvgIpc) is 2.88. The van der Waals surface area contributed by atoms with Crippen molar-refractivity contribution in [2.75, 3.05) is 6.61 Å². The lowest BCUT2D eigenvalue weighted by Crippen LogP contribution is -2.27. The molecule has 4 heteroatoms. The number of nitrogens with zero attached hydrogens (tertiary/aromatic N) is 1. The number of para-hydroxylation sites is 2. The fourth-order valence-corrected chi connectivity index (χ4v) is 2.78. The molecule has 0 saturated heterocycles. The van der Waals surface area contributed by atoms with Gasteiger partial charge in [-0.05, 0) is 37.3 Å². The Balaban J connectivity index is 2.20. The fraction of sp³-hybridized carbons (Fsp3) is 0.529. The van der Waals surface area contributed by atoms with Gasteiger partial charge in [-0.2, -0.15) is 0 Å². The molecule has 0 aliphatic carbocycles. The Kier molecular flexibility index (Phi) is 4.99. The maximum Gasteiger partial charge on any atom is 0.306 e. The van der Waals surface area contributed by atoms with Crippen molar-refractivity contribution in [3.05, 3.63) is 30.1 Å². The zero-order valence-electron chi connectivity index (χ0n) is 13.1. The average molecular weight is 288 g/mol. The highest BCUT2D eigenvalue weighted by Crippen LogP contribution is 2.35. The predicted octanol–water partition coefficient (Wildman–Crippen LogP) is 3.87. The number of hydrogen-bond donors (Lipinski definition) is 1. The van der Waals surface area contributed by atoms with Gasteiger partial charge in [0.25, 0.3) is 0 Å². The first kappa shape index (κ1) is 15.5. The number of benzene rings is 1. The van der Waals surface area contributed by atoms with Gasteiger partial charge in [-0.25, -0.2) is 4.98 Å². The van der Waals surface area contributed by atoms with Crippen LogP contribution in [-0.2, 0) is 16.0 Å². The van der Waals surface area contributed by atoms with Gasteiger partial charge < -0.3 is 9.72 Å². The minimum atomic E-state index is -0.114. The number of esters is 1. The minimum absolute atomic E-state index is 0.0832. The molecule has 0 saturated carbocycles. The monoisotopic (exact) mass is 288 g/mol. The van der Waals surface area contributed by atoms with Crippen molar-refractivity contribution in [3.63, 3.8) is 0 Å². The van der Waals surface area contributed by atoms with Crippen LogP contribution in [0, 0.1) is 5.41 Å². The zero-order valence-corrected chi connectivity index (χ0v) is 13.1. The van der Waals surface area contributed by atoms with E-state index in [0.717, 1.165) is 36.1 Å². The van der Waals surface area contributed by atoms with Crippen molar-refractivity contribution < 1.29 is 9.53 Å². The highest BCUT2D eigenvalue weighted by molar-refractivity contribution is 5.74. The van der Waals surface area contributed by atoms with Crippen LogP contribution >= 0.6 is 0 Å². The molecule has 1 aromatic carbocycles. The van der Waals surface area contributed by atoms with E-state index >= 15 is 0 Å². The number of hydrogen-bond acceptors (Lipinski definition) is 3. The van der Waals surface area contributed by atoms with E-state index in [2.05, 4.69) is 23.8 Å². The van der Waals surface area contributed by atoms with Crippen molar-refractivity contribution in [2.24, 2.45) is 5.41 Å². The van der Waals surface area contributed by atoms with Crippen LogP contribution in [0.25, 0.3) is 11.0 Å². The lowest BCUT2D eigenvalue weighted by atomic mass is 9.76. The summed E-state index contributed by atoms with van der Waals surface area (Å²) in [5.74, 6) is 0.835. The van der Waals surface area contributed by atoms with Crippen LogP contribution in [0.3, 0.4) is 0 Å². The summed E-state index contributed by atoms with van der Waals surface area (Å²) < 4.78 is 5.13. The molecule has 0 aliphatic rings. The Hall–Kier alpha value is -1.84. The number of aromatic nitrogens is 2. The first-order valence-electron chi connectivity index (χ1n) is 7.71. The Bertz CT molecular complexity index is 567. The second-order valence-electron chi connectivity index (χ2n) is 5.57. The van der Waals surface area contributed by atoms with Gasteiger partial charge in [0, 0.05) is 6.42 Å². The number of ether oxygens (including phenoxy) is 1. The summed E-state index contributed by atoms with van der Waals surface area (Å²) in [6.45, 7) is 6.54. The van der Waals surface area contributed by atoms with Crippen molar-refractivity contribution in [2.45, 2.75) is 46.5 Å². The van der Waals surface area contributed by atoms with Crippen molar-refractivity contribution in [1.29, 1.82) is 0 Å². The number of carbonyl (C=O) groups is 1. The van der Waals surface area contributed by atoms with Crippen molar-refractivity contribution in [3.8, 4) is 0 Å². The summed E-state index contributed by atoms with van der Waals surface area (Å²) in [4.78, 5) is 19.9. The highest BCUT2D eigenvalue weighted by atomic mass is 16.5. The molecule has 2 rings (SSSR count). The van der Waals surface area contributed by atoms with Crippen LogP contribution < -0.4 is 0 Å². The van der Waals surface area contributed by atoms with Gasteiger partial charge in [0.2, 0.25) is 0 Å². The third-order valence-corrected chi connectivity index (χ3v) is 4.31. The van der Waals surface area contributed by atoms with Crippen LogP contribution in [0.1, 0.15) is 45.9 Å². The minimum Gasteiger partial charge on any atom is -0.466 e. The van der Waals surface area contributed by atoms with E-state index in [1.165, 1.54) is 0 Å². The van der Waals surface area contributed by atoms with Crippen LogP contribution in [0.2, 0.25) is 0 Å². The third-order valence-electron chi connectivity index (χ3n) is 4.31. The Morgan fingerprint density at radius 3 is 2.57 bits per heavy atom. The number of rotatable bonds is 7.